The number of nitro benzene ring substituents is 1. The van der Waals surface area contributed by atoms with E-state index in [0.717, 1.165) is 16.6 Å². The van der Waals surface area contributed by atoms with Crippen LogP contribution in [-0.2, 0) is 6.42 Å². The highest BCUT2D eigenvalue weighted by Crippen LogP contribution is 2.25. The molecule has 7 nitrogen and oxygen atoms in total. The standard InChI is InChI=1S/C13H12N2O5S/c1-8-12(21-7-14-8)4-5-20-9-2-3-10(13(16)17)11(6-9)15(18)19/h2-3,6-7H,4-5H2,1H3,(H,16,17). The van der Waals surface area contributed by atoms with Crippen LogP contribution in [-0.4, -0.2) is 27.6 Å². The van der Waals surface area contributed by atoms with Crippen LogP contribution in [0.25, 0.3) is 0 Å². The Morgan fingerprint density at radius 2 is 2.29 bits per heavy atom. The van der Waals surface area contributed by atoms with Crippen molar-refractivity contribution in [3.8, 4) is 5.75 Å². The van der Waals surface area contributed by atoms with Crippen molar-refractivity contribution in [3.63, 3.8) is 0 Å². The second-order valence-corrected chi connectivity index (χ2v) is 5.14. The minimum Gasteiger partial charge on any atom is -0.493 e. The molecule has 0 aliphatic rings. The van der Waals surface area contributed by atoms with Crippen LogP contribution in [0.15, 0.2) is 23.7 Å². The second-order valence-electron chi connectivity index (χ2n) is 4.20. The Kier molecular flexibility index (Phi) is 4.49. The maximum absolute atomic E-state index is 10.9. The van der Waals surface area contributed by atoms with Crippen LogP contribution in [0.1, 0.15) is 20.9 Å². The predicted octanol–water partition coefficient (Wildman–Crippen LogP) is 2.68. The SMILES string of the molecule is Cc1ncsc1CCOc1ccc(C(=O)O)c([N+](=O)[O-])c1. The fourth-order valence-corrected chi connectivity index (χ4v) is 2.52. The van der Waals surface area contributed by atoms with Crippen molar-refractivity contribution in [3.05, 3.63) is 50.0 Å². The van der Waals surface area contributed by atoms with E-state index in [9.17, 15) is 14.9 Å². The highest BCUT2D eigenvalue weighted by Gasteiger charge is 2.20. The minimum atomic E-state index is -1.34. The molecule has 0 fully saturated rings. The number of hydrogen-bond donors (Lipinski definition) is 1. The van der Waals surface area contributed by atoms with Gasteiger partial charge in [0.15, 0.2) is 0 Å². The Labute approximate surface area is 124 Å². The first kappa shape index (κ1) is 14.9. The monoisotopic (exact) mass is 308 g/mol. The number of ether oxygens (including phenoxy) is 1. The Morgan fingerprint density at radius 3 is 2.86 bits per heavy atom. The lowest BCUT2D eigenvalue weighted by molar-refractivity contribution is -0.385. The summed E-state index contributed by atoms with van der Waals surface area (Å²) in [5.74, 6) is -1.07. The summed E-state index contributed by atoms with van der Waals surface area (Å²) in [5.41, 5.74) is 1.85. The first-order valence-corrected chi connectivity index (χ1v) is 6.90. The first-order valence-electron chi connectivity index (χ1n) is 6.02. The number of carboxylic acids is 1. The zero-order chi connectivity index (χ0) is 15.4. The number of hydrogen-bond acceptors (Lipinski definition) is 6. The van der Waals surface area contributed by atoms with Crippen LogP contribution >= 0.6 is 11.3 Å². The molecule has 0 radical (unpaired) electrons. The van der Waals surface area contributed by atoms with Gasteiger partial charge in [0.05, 0.1) is 28.8 Å². The van der Waals surface area contributed by atoms with E-state index in [1.165, 1.54) is 23.5 Å². The molecule has 21 heavy (non-hydrogen) atoms. The first-order chi connectivity index (χ1) is 9.99. The zero-order valence-corrected chi connectivity index (χ0v) is 11.9. The highest BCUT2D eigenvalue weighted by atomic mass is 32.1. The van der Waals surface area contributed by atoms with E-state index in [0.29, 0.717) is 13.0 Å². The van der Waals surface area contributed by atoms with Gasteiger partial charge in [-0.25, -0.2) is 9.78 Å². The van der Waals surface area contributed by atoms with E-state index < -0.39 is 16.6 Å². The van der Waals surface area contributed by atoms with Crippen LogP contribution < -0.4 is 4.74 Å². The van der Waals surface area contributed by atoms with Gasteiger partial charge in [0.25, 0.3) is 5.69 Å². The number of aromatic nitrogens is 1. The van der Waals surface area contributed by atoms with Gasteiger partial charge in [-0.1, -0.05) is 0 Å². The smallest absolute Gasteiger partial charge is 0.342 e. The minimum absolute atomic E-state index is 0.272. The molecule has 0 aliphatic heterocycles. The molecule has 0 bridgehead atoms. The number of thiazole rings is 1. The molecule has 0 aliphatic carbocycles. The van der Waals surface area contributed by atoms with Crippen molar-refractivity contribution in [1.82, 2.24) is 4.98 Å². The van der Waals surface area contributed by atoms with Gasteiger partial charge in [0.1, 0.15) is 11.3 Å². The number of carboxylic acid groups (broad SMARTS) is 1. The predicted molar refractivity (Wildman–Crippen MR) is 76.1 cm³/mol. The molecular formula is C13H12N2O5S. The van der Waals surface area contributed by atoms with Crippen molar-refractivity contribution in [2.45, 2.75) is 13.3 Å². The summed E-state index contributed by atoms with van der Waals surface area (Å²) < 4.78 is 5.44. The number of rotatable bonds is 6. The van der Waals surface area contributed by atoms with Crippen molar-refractivity contribution in [2.75, 3.05) is 6.61 Å². The summed E-state index contributed by atoms with van der Waals surface area (Å²) in [6.45, 7) is 2.24. The van der Waals surface area contributed by atoms with Crippen LogP contribution in [0.4, 0.5) is 5.69 Å². The molecule has 0 amide bonds. The molecule has 2 rings (SSSR count). The van der Waals surface area contributed by atoms with Gasteiger partial charge in [0.2, 0.25) is 0 Å². The third kappa shape index (κ3) is 3.54. The zero-order valence-electron chi connectivity index (χ0n) is 11.1. The highest BCUT2D eigenvalue weighted by molar-refractivity contribution is 7.09. The van der Waals surface area contributed by atoms with Gasteiger partial charge in [0, 0.05) is 11.3 Å². The number of nitro groups is 1. The van der Waals surface area contributed by atoms with Crippen molar-refractivity contribution < 1.29 is 19.6 Å². The van der Waals surface area contributed by atoms with Crippen LogP contribution in [0.5, 0.6) is 5.75 Å². The average molecular weight is 308 g/mol. The Balaban J connectivity index is 2.07. The molecule has 110 valence electrons. The summed E-state index contributed by atoms with van der Waals surface area (Å²) in [6.07, 6.45) is 0.644. The quantitative estimate of drug-likeness (QED) is 0.650. The summed E-state index contributed by atoms with van der Waals surface area (Å²) in [6, 6.07) is 3.71. The maximum Gasteiger partial charge on any atom is 0.342 e. The summed E-state index contributed by atoms with van der Waals surface area (Å²) in [4.78, 5) is 26.2. The lowest BCUT2D eigenvalue weighted by atomic mass is 10.2. The van der Waals surface area contributed by atoms with E-state index in [2.05, 4.69) is 4.98 Å². The third-order valence-corrected chi connectivity index (χ3v) is 3.83. The average Bonchev–Trinajstić information content (AvgIpc) is 2.84. The Morgan fingerprint density at radius 1 is 1.52 bits per heavy atom. The van der Waals surface area contributed by atoms with E-state index in [-0.39, 0.29) is 11.3 Å². The van der Waals surface area contributed by atoms with Crippen molar-refractivity contribution >= 4 is 23.0 Å². The van der Waals surface area contributed by atoms with E-state index in [4.69, 9.17) is 9.84 Å². The van der Waals surface area contributed by atoms with E-state index in [1.807, 2.05) is 6.92 Å². The number of aromatic carboxylic acids is 1. The summed E-state index contributed by atoms with van der Waals surface area (Å²) in [5, 5.41) is 19.7. The van der Waals surface area contributed by atoms with E-state index in [1.54, 1.807) is 5.51 Å². The largest absolute Gasteiger partial charge is 0.493 e. The van der Waals surface area contributed by atoms with Crippen LogP contribution in [0.2, 0.25) is 0 Å². The molecule has 0 spiro atoms. The fourth-order valence-electron chi connectivity index (χ4n) is 1.76. The maximum atomic E-state index is 10.9. The topological polar surface area (TPSA) is 103 Å². The molecule has 1 heterocycles. The van der Waals surface area contributed by atoms with Crippen molar-refractivity contribution in [2.24, 2.45) is 0 Å². The second kappa shape index (κ2) is 6.31. The Hall–Kier alpha value is -2.48. The summed E-state index contributed by atoms with van der Waals surface area (Å²) in [7, 11) is 0. The van der Waals surface area contributed by atoms with Gasteiger partial charge in [-0.15, -0.1) is 11.3 Å². The van der Waals surface area contributed by atoms with Crippen LogP contribution in [0, 0.1) is 17.0 Å². The van der Waals surface area contributed by atoms with Gasteiger partial charge < -0.3 is 9.84 Å². The van der Waals surface area contributed by atoms with Gasteiger partial charge in [-0.3, -0.25) is 10.1 Å². The molecular weight excluding hydrogens is 296 g/mol. The number of carbonyl (C=O) groups is 1. The molecule has 2 aromatic rings. The molecule has 0 saturated heterocycles. The molecule has 0 atom stereocenters. The summed E-state index contributed by atoms with van der Waals surface area (Å²) >= 11 is 1.52. The normalized spacial score (nSPS) is 10.3. The van der Waals surface area contributed by atoms with Gasteiger partial charge in [-0.05, 0) is 19.1 Å². The van der Waals surface area contributed by atoms with Crippen LogP contribution in [0.3, 0.4) is 0 Å². The van der Waals surface area contributed by atoms with Gasteiger partial charge >= 0.3 is 5.97 Å². The molecule has 1 N–H and O–H groups in total. The lowest BCUT2D eigenvalue weighted by Crippen LogP contribution is -2.05. The Bertz CT molecular complexity index is 683. The number of aryl methyl sites for hydroxylation is 1. The molecule has 1 aromatic carbocycles. The van der Waals surface area contributed by atoms with E-state index >= 15 is 0 Å². The molecule has 1 aromatic heterocycles. The van der Waals surface area contributed by atoms with Gasteiger partial charge in [-0.2, -0.15) is 0 Å². The third-order valence-electron chi connectivity index (χ3n) is 2.84. The molecule has 0 unspecified atom stereocenters. The molecule has 0 saturated carbocycles. The number of nitrogens with zero attached hydrogens (tertiary/aromatic N) is 2. The lowest BCUT2D eigenvalue weighted by Gasteiger charge is -2.06. The molecule has 8 heteroatoms. The number of benzene rings is 1. The van der Waals surface area contributed by atoms with Crippen molar-refractivity contribution in [1.29, 1.82) is 0 Å². The fraction of sp³-hybridized carbons (Fsp3) is 0.231.